The number of carbonyl (C=O) groups excluding carboxylic acids is 2. The molecule has 0 aliphatic carbocycles. The minimum atomic E-state index is -1.36. The Morgan fingerprint density at radius 1 is 0.632 bits per heavy atom. The van der Waals surface area contributed by atoms with Gasteiger partial charge in [0.15, 0.2) is 0 Å². The van der Waals surface area contributed by atoms with Crippen molar-refractivity contribution in [3.05, 3.63) is 29.8 Å². The number of aromatic carboxylic acids is 1. The number of carboxylic acid groups (broad SMARTS) is 1. The number of carboxylic acids is 1. The van der Waals surface area contributed by atoms with E-state index < -0.39 is 31.7 Å². The van der Waals surface area contributed by atoms with Crippen LogP contribution in [0.3, 0.4) is 0 Å². The van der Waals surface area contributed by atoms with Crippen molar-refractivity contribution in [2.75, 3.05) is 0 Å². The van der Waals surface area contributed by atoms with Gasteiger partial charge in [-0.2, -0.15) is 0 Å². The van der Waals surface area contributed by atoms with E-state index in [1.165, 1.54) is 121 Å². The van der Waals surface area contributed by atoms with E-state index in [4.69, 9.17) is 0 Å². The fourth-order valence-corrected chi connectivity index (χ4v) is 13.3. The fraction of sp³-hybridized carbons (Fsp3) is 0.758. The van der Waals surface area contributed by atoms with Crippen LogP contribution in [0.25, 0.3) is 0 Å². The zero-order valence-corrected chi connectivity index (χ0v) is 28.1. The van der Waals surface area contributed by atoms with Gasteiger partial charge >= 0.3 is 175 Å². The molecule has 0 saturated heterocycles. The van der Waals surface area contributed by atoms with Crippen LogP contribution in [-0.2, 0) is 4.79 Å². The summed E-state index contributed by atoms with van der Waals surface area (Å²) in [5, 5.41) is 10.5. The summed E-state index contributed by atoms with van der Waals surface area (Å²) in [6.07, 6.45) is 26.9. The van der Waals surface area contributed by atoms with E-state index in [2.05, 4.69) is 25.5 Å². The molecule has 0 bridgehead atoms. The van der Waals surface area contributed by atoms with Crippen molar-refractivity contribution in [1.82, 2.24) is 0 Å². The number of esters is 1. The summed E-state index contributed by atoms with van der Waals surface area (Å²) in [5.41, 5.74) is -0.127. The molecule has 0 radical (unpaired) electrons. The molecule has 0 fully saturated rings. The van der Waals surface area contributed by atoms with Crippen molar-refractivity contribution < 1.29 is 19.4 Å². The Labute approximate surface area is 242 Å². The molecule has 218 valence electrons. The molecule has 38 heavy (non-hydrogen) atoms. The van der Waals surface area contributed by atoms with Gasteiger partial charge in [-0.15, -0.1) is 0 Å². The molecule has 0 spiro atoms. The predicted molar refractivity (Wildman–Crippen MR) is 162 cm³/mol. The molecule has 0 heterocycles. The van der Waals surface area contributed by atoms with Crippen LogP contribution in [0.4, 0.5) is 0 Å². The number of para-hydroxylation sites is 1. The van der Waals surface area contributed by atoms with Crippen molar-refractivity contribution >= 4 is 31.7 Å². The Bertz CT molecular complexity index is 653. The van der Waals surface area contributed by atoms with E-state index in [0.717, 1.165) is 0 Å². The number of benzene rings is 1. The zero-order chi connectivity index (χ0) is 28.3. The molecule has 0 amide bonds. The van der Waals surface area contributed by atoms with E-state index in [9.17, 15) is 14.7 Å². The predicted octanol–water partition coefficient (Wildman–Crippen LogP) is 9.54. The van der Waals surface area contributed by atoms with Crippen LogP contribution < -0.4 is 9.84 Å². The Hall–Kier alpha value is -1.04. The Morgan fingerprint density at radius 2 is 1.00 bits per heavy atom. The van der Waals surface area contributed by atoms with Crippen molar-refractivity contribution in [3.8, 4) is 5.75 Å². The average Bonchev–Trinajstić information content (AvgIpc) is 2.89. The maximum atomic E-state index is 10.6. The van der Waals surface area contributed by atoms with Crippen LogP contribution in [0.1, 0.15) is 154 Å². The SMILES string of the molecule is CC(=O)Oc1ccccc1C(=O)[O-].CCCCCCC[CH2][Sn+]([CH2]CCCCCCC)[CH2]CCCCCCC. The first-order chi connectivity index (χ1) is 18.5. The normalized spacial score (nSPS) is 10.5. The van der Waals surface area contributed by atoms with Gasteiger partial charge in [-0.25, -0.2) is 0 Å². The molecule has 4 nitrogen and oxygen atoms in total. The van der Waals surface area contributed by atoms with Crippen LogP contribution in [0.5, 0.6) is 5.75 Å². The Balaban J connectivity index is 0.000000875. The first-order valence-electron chi connectivity index (χ1n) is 15.8. The third-order valence-electron chi connectivity index (χ3n) is 7.01. The zero-order valence-electron chi connectivity index (χ0n) is 25.3. The summed E-state index contributed by atoms with van der Waals surface area (Å²) in [6, 6.07) is 5.81. The number of ether oxygens (including phenoxy) is 1. The van der Waals surface area contributed by atoms with E-state index in [-0.39, 0.29) is 11.3 Å². The van der Waals surface area contributed by atoms with Gasteiger partial charge < -0.3 is 14.6 Å². The van der Waals surface area contributed by atoms with E-state index >= 15 is 0 Å². The molecule has 0 N–H and O–H groups in total. The second kappa shape index (κ2) is 27.5. The quantitative estimate of drug-likeness (QED) is 0.0519. The second-order valence-corrected chi connectivity index (χ2v) is 19.2. The first-order valence-corrected chi connectivity index (χ1v) is 21.8. The van der Waals surface area contributed by atoms with E-state index in [0.29, 0.717) is 0 Å². The standard InChI is InChI=1S/C9H8O4.3C8H17.Sn/c1-6(10)13-8-5-3-2-4-7(8)9(11)12;3*1-3-5-7-8-6-4-2;/h2-5H,1H3,(H,11,12);3*1,3-8H2,2H3;/q;;;;+1/p-1. The van der Waals surface area contributed by atoms with Crippen LogP contribution in [0, 0.1) is 0 Å². The maximum absolute atomic E-state index is 10.6. The monoisotopic (exact) mass is 638 g/mol. The minimum absolute atomic E-state index is 0.00926. The summed E-state index contributed by atoms with van der Waals surface area (Å²) in [7, 11) is 0. The summed E-state index contributed by atoms with van der Waals surface area (Å²) >= 11 is -1.02. The van der Waals surface area contributed by atoms with Gasteiger partial charge in [-0.1, -0.05) is 12.1 Å². The van der Waals surface area contributed by atoms with Gasteiger partial charge in [0.1, 0.15) is 5.75 Å². The van der Waals surface area contributed by atoms with Crippen LogP contribution >= 0.6 is 0 Å². The number of hydrogen-bond acceptors (Lipinski definition) is 4. The van der Waals surface area contributed by atoms with Crippen molar-refractivity contribution in [1.29, 1.82) is 0 Å². The van der Waals surface area contributed by atoms with Gasteiger partial charge in [-0.3, -0.25) is 4.79 Å². The third kappa shape index (κ3) is 22.9. The molecule has 0 aliphatic heterocycles. The van der Waals surface area contributed by atoms with Gasteiger partial charge in [0.05, 0.1) is 5.97 Å². The number of unbranched alkanes of at least 4 members (excludes halogenated alkanes) is 15. The summed E-state index contributed by atoms with van der Waals surface area (Å²) in [4.78, 5) is 21.1. The van der Waals surface area contributed by atoms with Crippen molar-refractivity contribution in [2.45, 2.75) is 157 Å². The van der Waals surface area contributed by atoms with Gasteiger partial charge in [0.2, 0.25) is 0 Å². The topological polar surface area (TPSA) is 66.4 Å². The van der Waals surface area contributed by atoms with Crippen LogP contribution in [-0.4, -0.2) is 31.7 Å². The fourth-order valence-electron chi connectivity index (χ4n) is 4.72. The molecule has 1 rings (SSSR count). The molecule has 0 atom stereocenters. The van der Waals surface area contributed by atoms with Gasteiger partial charge in [0, 0.05) is 12.5 Å². The van der Waals surface area contributed by atoms with Crippen LogP contribution in [0.2, 0.25) is 13.3 Å². The summed E-state index contributed by atoms with van der Waals surface area (Å²) < 4.78 is 9.81. The number of carbonyl (C=O) groups is 2. The molecular formula is C33H58O4Sn. The number of hydrogen-bond donors (Lipinski definition) is 0. The third-order valence-corrected chi connectivity index (χ3v) is 16.1. The van der Waals surface area contributed by atoms with Crippen molar-refractivity contribution in [3.63, 3.8) is 0 Å². The van der Waals surface area contributed by atoms with Crippen molar-refractivity contribution in [2.24, 2.45) is 0 Å². The molecule has 0 saturated carbocycles. The molecule has 0 aromatic heterocycles. The molecular weight excluding hydrogens is 579 g/mol. The van der Waals surface area contributed by atoms with Gasteiger partial charge in [0.25, 0.3) is 0 Å². The van der Waals surface area contributed by atoms with Gasteiger partial charge in [-0.05, 0) is 12.1 Å². The molecule has 1 aromatic carbocycles. The average molecular weight is 638 g/mol. The van der Waals surface area contributed by atoms with E-state index in [1.807, 2.05) is 0 Å². The molecule has 1 aromatic rings. The molecule has 0 aliphatic rings. The summed E-state index contributed by atoms with van der Waals surface area (Å²) in [6.45, 7) is 8.18. The Morgan fingerprint density at radius 3 is 1.37 bits per heavy atom. The molecule has 0 unspecified atom stereocenters. The second-order valence-electron chi connectivity index (χ2n) is 10.7. The Kier molecular flexibility index (Phi) is 26.8. The first kappa shape index (κ1) is 37.0. The van der Waals surface area contributed by atoms with E-state index in [1.54, 1.807) is 38.6 Å². The summed E-state index contributed by atoms with van der Waals surface area (Å²) in [5.74, 6) is -1.92. The van der Waals surface area contributed by atoms with Crippen LogP contribution in [0.15, 0.2) is 24.3 Å². The number of rotatable bonds is 23. The molecule has 5 heteroatoms.